The summed E-state index contributed by atoms with van der Waals surface area (Å²) in [7, 11) is 0. The molecule has 0 saturated carbocycles. The number of rotatable bonds is 6. The average molecular weight is 428 g/mol. The Labute approximate surface area is 178 Å². The van der Waals surface area contributed by atoms with E-state index in [0.717, 1.165) is 16.3 Å². The monoisotopic (exact) mass is 427 g/mol. The lowest BCUT2D eigenvalue weighted by Crippen LogP contribution is -2.23. The Morgan fingerprint density at radius 3 is 2.52 bits per heavy atom. The molecule has 0 bridgehead atoms. The highest BCUT2D eigenvalue weighted by atomic mass is 35.5. The smallest absolute Gasteiger partial charge is 0.244 e. The summed E-state index contributed by atoms with van der Waals surface area (Å²) in [4.78, 5) is 24.4. The minimum Gasteiger partial charge on any atom is -0.324 e. The fourth-order valence-corrected chi connectivity index (χ4v) is 3.33. The average Bonchev–Trinajstić information content (AvgIpc) is 2.69. The molecule has 0 unspecified atom stereocenters. The third kappa shape index (κ3) is 5.79. The molecular formula is C22H19Cl2N3O2. The summed E-state index contributed by atoms with van der Waals surface area (Å²) < 4.78 is 0. The number of hydrogen-bond acceptors (Lipinski definition) is 3. The van der Waals surface area contributed by atoms with Crippen molar-refractivity contribution in [3.05, 3.63) is 76.3 Å². The first-order valence-electron chi connectivity index (χ1n) is 8.96. The van der Waals surface area contributed by atoms with Crippen LogP contribution in [0.2, 0.25) is 10.0 Å². The van der Waals surface area contributed by atoms with Crippen LogP contribution in [0.1, 0.15) is 18.9 Å². The predicted molar refractivity (Wildman–Crippen MR) is 119 cm³/mol. The fraction of sp³-hybridized carbons (Fsp3) is 0.136. The first-order chi connectivity index (χ1) is 13.9. The van der Waals surface area contributed by atoms with E-state index in [1.807, 2.05) is 42.5 Å². The molecule has 0 aliphatic heterocycles. The summed E-state index contributed by atoms with van der Waals surface area (Å²) in [5.74, 6) is -0.541. The number of nitrogens with zero attached hydrogens (tertiary/aromatic N) is 1. The van der Waals surface area contributed by atoms with E-state index in [-0.39, 0.29) is 24.7 Å². The van der Waals surface area contributed by atoms with Gasteiger partial charge in [0.05, 0.1) is 23.6 Å². The van der Waals surface area contributed by atoms with Gasteiger partial charge in [-0.15, -0.1) is 0 Å². The molecule has 148 valence electrons. The normalized spacial score (nSPS) is 11.3. The molecule has 29 heavy (non-hydrogen) atoms. The van der Waals surface area contributed by atoms with Crippen molar-refractivity contribution in [2.24, 2.45) is 5.10 Å². The van der Waals surface area contributed by atoms with Crippen LogP contribution in [0.3, 0.4) is 0 Å². The number of carbonyl (C=O) groups is 2. The van der Waals surface area contributed by atoms with Crippen molar-refractivity contribution >= 4 is 57.2 Å². The molecule has 0 aromatic heterocycles. The maximum atomic E-state index is 12.3. The number of benzene rings is 3. The molecule has 0 fully saturated rings. The summed E-state index contributed by atoms with van der Waals surface area (Å²) in [6.07, 6.45) is 0.220. The first kappa shape index (κ1) is 20.8. The molecule has 0 heterocycles. The van der Waals surface area contributed by atoms with E-state index >= 15 is 0 Å². The topological polar surface area (TPSA) is 70.6 Å². The number of fused-ring (bicyclic) bond motifs is 1. The van der Waals surface area contributed by atoms with Crippen molar-refractivity contribution in [3.8, 4) is 0 Å². The van der Waals surface area contributed by atoms with Gasteiger partial charge in [-0.25, -0.2) is 5.43 Å². The van der Waals surface area contributed by atoms with Gasteiger partial charge < -0.3 is 5.32 Å². The SMILES string of the molecule is CC(CC(=O)Nc1ccc(Cl)cc1Cl)=NNC(=O)Cc1cccc2ccccc12. The Morgan fingerprint density at radius 2 is 1.72 bits per heavy atom. The van der Waals surface area contributed by atoms with E-state index in [1.165, 1.54) is 0 Å². The van der Waals surface area contributed by atoms with E-state index in [0.29, 0.717) is 21.4 Å². The van der Waals surface area contributed by atoms with Crippen LogP contribution in [0.4, 0.5) is 5.69 Å². The van der Waals surface area contributed by atoms with Crippen molar-refractivity contribution in [2.45, 2.75) is 19.8 Å². The minimum atomic E-state index is -0.293. The lowest BCUT2D eigenvalue weighted by molar-refractivity contribution is -0.120. The van der Waals surface area contributed by atoms with Crippen molar-refractivity contribution < 1.29 is 9.59 Å². The predicted octanol–water partition coefficient (Wildman–Crippen LogP) is 5.21. The Balaban J connectivity index is 1.56. The van der Waals surface area contributed by atoms with E-state index in [9.17, 15) is 9.59 Å². The molecule has 3 rings (SSSR count). The highest BCUT2D eigenvalue weighted by Gasteiger charge is 2.09. The molecule has 0 aliphatic rings. The van der Waals surface area contributed by atoms with Gasteiger partial charge in [-0.2, -0.15) is 5.10 Å². The summed E-state index contributed by atoms with van der Waals surface area (Å²) in [5, 5.41) is 9.66. The zero-order valence-electron chi connectivity index (χ0n) is 15.7. The molecule has 5 nitrogen and oxygen atoms in total. The molecule has 0 spiro atoms. The zero-order chi connectivity index (χ0) is 20.8. The second-order valence-electron chi connectivity index (χ2n) is 6.55. The lowest BCUT2D eigenvalue weighted by Gasteiger charge is -2.08. The Hall–Kier alpha value is -2.89. The molecule has 0 aliphatic carbocycles. The van der Waals surface area contributed by atoms with Crippen LogP contribution in [0, 0.1) is 0 Å². The van der Waals surface area contributed by atoms with Gasteiger partial charge >= 0.3 is 0 Å². The molecule has 3 aromatic carbocycles. The number of anilines is 1. The van der Waals surface area contributed by atoms with Crippen molar-refractivity contribution in [1.29, 1.82) is 0 Å². The molecule has 7 heteroatoms. The Morgan fingerprint density at radius 1 is 0.966 bits per heavy atom. The third-order valence-electron chi connectivity index (χ3n) is 4.22. The van der Waals surface area contributed by atoms with Gasteiger partial charge in [0.15, 0.2) is 0 Å². The zero-order valence-corrected chi connectivity index (χ0v) is 17.2. The largest absolute Gasteiger partial charge is 0.324 e. The van der Waals surface area contributed by atoms with Gasteiger partial charge in [-0.05, 0) is 41.5 Å². The maximum Gasteiger partial charge on any atom is 0.244 e. The summed E-state index contributed by atoms with van der Waals surface area (Å²) in [5.41, 5.74) is 4.37. The van der Waals surface area contributed by atoms with Crippen molar-refractivity contribution in [2.75, 3.05) is 5.32 Å². The molecule has 3 aromatic rings. The number of amides is 2. The van der Waals surface area contributed by atoms with Crippen LogP contribution in [-0.2, 0) is 16.0 Å². The molecular weight excluding hydrogens is 409 g/mol. The standard InChI is InChI=1S/C22H19Cl2N3O2/c1-14(11-21(28)25-20-10-9-17(23)13-19(20)24)26-27-22(29)12-16-7-4-6-15-5-2-3-8-18(15)16/h2-10,13H,11-12H2,1H3,(H,25,28)(H,27,29). The molecule has 0 atom stereocenters. The second-order valence-corrected chi connectivity index (χ2v) is 7.39. The molecule has 0 saturated heterocycles. The van der Waals surface area contributed by atoms with Crippen LogP contribution in [0.25, 0.3) is 10.8 Å². The molecule has 2 amide bonds. The van der Waals surface area contributed by atoms with Gasteiger partial charge in [-0.1, -0.05) is 65.7 Å². The first-order valence-corrected chi connectivity index (χ1v) is 9.71. The highest BCUT2D eigenvalue weighted by molar-refractivity contribution is 6.36. The fourth-order valence-electron chi connectivity index (χ4n) is 2.87. The summed E-state index contributed by atoms with van der Waals surface area (Å²) in [6.45, 7) is 1.67. The van der Waals surface area contributed by atoms with Gasteiger partial charge in [0, 0.05) is 10.7 Å². The van der Waals surface area contributed by atoms with Gasteiger partial charge in [0.25, 0.3) is 0 Å². The van der Waals surface area contributed by atoms with E-state index in [1.54, 1.807) is 25.1 Å². The number of carbonyl (C=O) groups excluding carboxylic acids is 2. The third-order valence-corrected chi connectivity index (χ3v) is 4.77. The van der Waals surface area contributed by atoms with Crippen molar-refractivity contribution in [3.63, 3.8) is 0 Å². The van der Waals surface area contributed by atoms with Crippen LogP contribution in [0.5, 0.6) is 0 Å². The van der Waals surface area contributed by atoms with Gasteiger partial charge in [-0.3, -0.25) is 9.59 Å². The molecule has 2 N–H and O–H groups in total. The van der Waals surface area contributed by atoms with E-state index in [2.05, 4.69) is 15.8 Å². The summed E-state index contributed by atoms with van der Waals surface area (Å²) in [6, 6.07) is 18.5. The number of nitrogens with one attached hydrogen (secondary N) is 2. The van der Waals surface area contributed by atoms with Crippen LogP contribution in [0.15, 0.2) is 65.8 Å². The minimum absolute atomic E-state index is 0.0213. The van der Waals surface area contributed by atoms with Crippen LogP contribution in [-0.4, -0.2) is 17.5 Å². The van der Waals surface area contributed by atoms with Crippen molar-refractivity contribution in [1.82, 2.24) is 5.43 Å². The Kier molecular flexibility index (Phi) is 6.86. The molecule has 0 radical (unpaired) electrons. The second kappa shape index (κ2) is 9.54. The quantitative estimate of drug-likeness (QED) is 0.418. The number of halogens is 2. The van der Waals surface area contributed by atoms with E-state index in [4.69, 9.17) is 23.2 Å². The lowest BCUT2D eigenvalue weighted by atomic mass is 10.0. The Bertz CT molecular complexity index is 1090. The van der Waals surface area contributed by atoms with Crippen LogP contribution >= 0.6 is 23.2 Å². The van der Waals surface area contributed by atoms with E-state index < -0.39 is 0 Å². The highest BCUT2D eigenvalue weighted by Crippen LogP contribution is 2.25. The maximum absolute atomic E-state index is 12.3. The van der Waals surface area contributed by atoms with Gasteiger partial charge in [0.2, 0.25) is 11.8 Å². The van der Waals surface area contributed by atoms with Gasteiger partial charge in [0.1, 0.15) is 0 Å². The van der Waals surface area contributed by atoms with Crippen LogP contribution < -0.4 is 10.7 Å². The number of hydrazone groups is 1. The summed E-state index contributed by atoms with van der Waals surface area (Å²) >= 11 is 11.9. The number of hydrogen-bond donors (Lipinski definition) is 2.